The summed E-state index contributed by atoms with van der Waals surface area (Å²) < 4.78 is 12.0. The third-order valence-electron chi connectivity index (χ3n) is 8.92. The SMILES string of the molecule is CN(C(=O)[C@H](CO[Si](C)(C)C(C)(C)C)N1Cc2ccc(-c3nc(NC4CCOCC4)ncc3Cl)cc2C1=O)C(C)(C)C. The van der Waals surface area contributed by atoms with Crippen molar-refractivity contribution in [3.05, 3.63) is 40.5 Å². The summed E-state index contributed by atoms with van der Waals surface area (Å²) in [6, 6.07) is 5.16. The number of carbonyl (C=O) groups excluding carboxylic acids is 2. The molecule has 1 aromatic carbocycles. The smallest absolute Gasteiger partial charge is 0.255 e. The molecule has 1 atom stereocenters. The lowest BCUT2D eigenvalue weighted by atomic mass is 10.0. The molecule has 0 bridgehead atoms. The molecule has 42 heavy (non-hydrogen) atoms. The summed E-state index contributed by atoms with van der Waals surface area (Å²) in [7, 11) is -0.390. The first kappa shape index (κ1) is 32.4. The van der Waals surface area contributed by atoms with E-state index in [-0.39, 0.29) is 29.5 Å². The lowest BCUT2D eigenvalue weighted by Crippen LogP contribution is -2.56. The first-order valence-electron chi connectivity index (χ1n) is 14.7. The summed E-state index contributed by atoms with van der Waals surface area (Å²) in [5, 5.41) is 3.76. The van der Waals surface area contributed by atoms with Crippen LogP contribution in [0.1, 0.15) is 70.3 Å². The Labute approximate surface area is 256 Å². The number of anilines is 1. The van der Waals surface area contributed by atoms with Crippen LogP contribution in [0.5, 0.6) is 0 Å². The van der Waals surface area contributed by atoms with Gasteiger partial charge in [-0.3, -0.25) is 9.59 Å². The van der Waals surface area contributed by atoms with Crippen LogP contribution >= 0.6 is 11.6 Å². The lowest BCUT2D eigenvalue weighted by Gasteiger charge is -2.41. The zero-order chi connectivity index (χ0) is 31.0. The maximum atomic E-state index is 14.0. The van der Waals surface area contributed by atoms with Gasteiger partial charge in [0.2, 0.25) is 11.9 Å². The topological polar surface area (TPSA) is 96.9 Å². The highest BCUT2D eigenvalue weighted by Crippen LogP contribution is 2.38. The number of nitrogens with one attached hydrogen (secondary N) is 1. The first-order valence-corrected chi connectivity index (χ1v) is 18.0. The second-order valence-electron chi connectivity index (χ2n) is 13.9. The molecule has 11 heteroatoms. The van der Waals surface area contributed by atoms with Gasteiger partial charge in [0.25, 0.3) is 5.91 Å². The molecule has 4 rings (SSSR count). The molecule has 9 nitrogen and oxygen atoms in total. The second kappa shape index (κ2) is 12.2. The van der Waals surface area contributed by atoms with Crippen molar-refractivity contribution in [1.82, 2.24) is 19.8 Å². The summed E-state index contributed by atoms with van der Waals surface area (Å²) in [5.41, 5.74) is 2.27. The number of hydrogen-bond donors (Lipinski definition) is 1. The molecule has 1 aromatic heterocycles. The van der Waals surface area contributed by atoms with Crippen molar-refractivity contribution in [2.75, 3.05) is 32.2 Å². The van der Waals surface area contributed by atoms with Gasteiger partial charge in [0.05, 0.1) is 23.5 Å². The van der Waals surface area contributed by atoms with Crippen LogP contribution in [-0.2, 0) is 20.5 Å². The molecule has 0 unspecified atom stereocenters. The summed E-state index contributed by atoms with van der Waals surface area (Å²) in [6.45, 7) is 18.7. The van der Waals surface area contributed by atoms with Crippen molar-refractivity contribution in [2.45, 2.75) is 96.7 Å². The molecular formula is C31H46ClN5O4Si. The van der Waals surface area contributed by atoms with Crippen LogP contribution in [0.15, 0.2) is 24.4 Å². The van der Waals surface area contributed by atoms with E-state index < -0.39 is 19.9 Å². The standard InChI is InChI=1S/C31H46ClN5O4Si/c1-30(2,3)36(7)28(39)25(19-41-42(8,9)31(4,5)6)37-18-21-11-10-20(16-23(21)27(37)38)26-24(32)17-33-29(35-26)34-22-12-14-40-15-13-22/h10-11,16-17,22,25H,12-15,18-19H2,1-9H3,(H,33,34,35)/t25-/m0/s1. The first-order chi connectivity index (χ1) is 19.5. The normalized spacial score (nSPS) is 17.3. The predicted octanol–water partition coefficient (Wildman–Crippen LogP) is 5.99. The average molecular weight is 616 g/mol. The molecule has 1 fully saturated rings. The van der Waals surface area contributed by atoms with Gasteiger partial charge in [0.15, 0.2) is 8.32 Å². The minimum Gasteiger partial charge on any atom is -0.414 e. The fraction of sp³-hybridized carbons (Fsp3) is 0.613. The van der Waals surface area contributed by atoms with Gasteiger partial charge in [-0.1, -0.05) is 44.5 Å². The maximum Gasteiger partial charge on any atom is 0.255 e. The quantitative estimate of drug-likeness (QED) is 0.364. The molecule has 0 spiro atoms. The van der Waals surface area contributed by atoms with E-state index >= 15 is 0 Å². The zero-order valence-corrected chi connectivity index (χ0v) is 28.3. The van der Waals surface area contributed by atoms with Crippen molar-refractivity contribution in [3.63, 3.8) is 0 Å². The molecule has 2 aromatic rings. The molecule has 1 saturated heterocycles. The summed E-state index contributed by atoms with van der Waals surface area (Å²) in [4.78, 5) is 40.3. The molecule has 0 radical (unpaired) electrons. The zero-order valence-electron chi connectivity index (χ0n) is 26.5. The highest BCUT2D eigenvalue weighted by atomic mass is 35.5. The van der Waals surface area contributed by atoms with Crippen molar-refractivity contribution >= 4 is 37.7 Å². The highest BCUT2D eigenvalue weighted by molar-refractivity contribution is 6.74. The van der Waals surface area contributed by atoms with Crippen molar-refractivity contribution in [1.29, 1.82) is 0 Å². The number of ether oxygens (including phenoxy) is 1. The Morgan fingerprint density at radius 1 is 1.21 bits per heavy atom. The molecule has 230 valence electrons. The number of carbonyl (C=O) groups is 2. The molecule has 0 saturated carbocycles. The lowest BCUT2D eigenvalue weighted by molar-refractivity contribution is -0.140. The Hall–Kier alpha value is -2.53. The van der Waals surface area contributed by atoms with Gasteiger partial charge in [-0.2, -0.15) is 0 Å². The average Bonchev–Trinajstić information content (AvgIpc) is 3.24. The number of halogens is 1. The monoisotopic (exact) mass is 615 g/mol. The van der Waals surface area contributed by atoms with E-state index in [1.165, 1.54) is 0 Å². The Balaban J connectivity index is 1.62. The maximum absolute atomic E-state index is 14.0. The minimum atomic E-state index is -2.18. The molecular weight excluding hydrogens is 570 g/mol. The second-order valence-corrected chi connectivity index (χ2v) is 19.1. The van der Waals surface area contributed by atoms with Gasteiger partial charge in [0, 0.05) is 49.5 Å². The van der Waals surface area contributed by atoms with E-state index in [2.05, 4.69) is 44.2 Å². The highest BCUT2D eigenvalue weighted by Gasteiger charge is 2.43. The van der Waals surface area contributed by atoms with Gasteiger partial charge >= 0.3 is 0 Å². The van der Waals surface area contributed by atoms with Crippen molar-refractivity contribution in [2.24, 2.45) is 0 Å². The molecule has 0 aliphatic carbocycles. The summed E-state index contributed by atoms with van der Waals surface area (Å²) >= 11 is 6.55. The number of likely N-dealkylation sites (N-methyl/N-ethyl adjacent to an activating group) is 1. The van der Waals surface area contributed by atoms with Crippen molar-refractivity contribution in [3.8, 4) is 11.3 Å². The number of amides is 2. The third kappa shape index (κ3) is 6.98. The van der Waals surface area contributed by atoms with Gasteiger partial charge in [-0.25, -0.2) is 9.97 Å². The number of fused-ring (bicyclic) bond motifs is 1. The van der Waals surface area contributed by atoms with Crippen LogP contribution < -0.4 is 5.32 Å². The summed E-state index contributed by atoms with van der Waals surface area (Å²) in [6.07, 6.45) is 3.35. The number of nitrogens with zero attached hydrogens (tertiary/aromatic N) is 4. The van der Waals surface area contributed by atoms with E-state index in [0.717, 1.165) is 24.0 Å². The van der Waals surface area contributed by atoms with Gasteiger partial charge in [-0.15, -0.1) is 0 Å². The predicted molar refractivity (Wildman–Crippen MR) is 169 cm³/mol. The minimum absolute atomic E-state index is 0.0291. The van der Waals surface area contributed by atoms with Gasteiger partial charge < -0.3 is 24.3 Å². The van der Waals surface area contributed by atoms with Gasteiger partial charge in [-0.05, 0) is 63.4 Å². The van der Waals surface area contributed by atoms with Crippen molar-refractivity contribution < 1.29 is 18.8 Å². The fourth-order valence-corrected chi connectivity index (χ4v) is 5.95. The Kier molecular flexibility index (Phi) is 9.42. The molecule has 3 heterocycles. The van der Waals surface area contributed by atoms with Crippen LogP contribution in [0.3, 0.4) is 0 Å². The fourth-order valence-electron chi connectivity index (χ4n) is 4.74. The Morgan fingerprint density at radius 2 is 1.88 bits per heavy atom. The number of rotatable bonds is 8. The number of benzene rings is 1. The summed E-state index contributed by atoms with van der Waals surface area (Å²) in [5.74, 6) is 0.163. The van der Waals surface area contributed by atoms with E-state index in [0.29, 0.717) is 42.0 Å². The van der Waals surface area contributed by atoms with Crippen LogP contribution in [0, 0.1) is 0 Å². The molecule has 2 amide bonds. The molecule has 2 aliphatic rings. The van der Waals surface area contributed by atoms with E-state index in [9.17, 15) is 9.59 Å². The number of hydrogen-bond acceptors (Lipinski definition) is 7. The van der Waals surface area contributed by atoms with Crippen LogP contribution in [0.4, 0.5) is 5.95 Å². The Bertz CT molecular complexity index is 1320. The van der Waals surface area contributed by atoms with Crippen LogP contribution in [0.25, 0.3) is 11.3 Å². The largest absolute Gasteiger partial charge is 0.414 e. The van der Waals surface area contributed by atoms with Crippen LogP contribution in [0.2, 0.25) is 23.2 Å². The van der Waals surface area contributed by atoms with Crippen LogP contribution in [-0.4, -0.2) is 84.4 Å². The van der Waals surface area contributed by atoms with E-state index in [1.807, 2.05) is 39.0 Å². The van der Waals surface area contributed by atoms with E-state index in [4.69, 9.17) is 25.7 Å². The number of aromatic nitrogens is 2. The van der Waals surface area contributed by atoms with E-state index in [1.54, 1.807) is 23.0 Å². The third-order valence-corrected chi connectivity index (χ3v) is 13.7. The Morgan fingerprint density at radius 3 is 2.50 bits per heavy atom. The molecule has 2 aliphatic heterocycles. The molecule has 1 N–H and O–H groups in total. The van der Waals surface area contributed by atoms with Gasteiger partial charge in [0.1, 0.15) is 6.04 Å².